The van der Waals surface area contributed by atoms with Gasteiger partial charge in [0, 0.05) is 12.6 Å². The third-order valence-corrected chi connectivity index (χ3v) is 3.15. The third-order valence-electron chi connectivity index (χ3n) is 3.15. The second-order valence-electron chi connectivity index (χ2n) is 5.21. The summed E-state index contributed by atoms with van der Waals surface area (Å²) < 4.78 is 13.6. The fraction of sp³-hybridized carbons (Fsp3) is 0.571. The molecule has 2 rings (SSSR count). The Morgan fingerprint density at radius 1 is 1.47 bits per heavy atom. The Labute approximate surface area is 103 Å². The standard InChI is InChI=1S/C14H21FN2/c1-10(2)8-16-9-12-7-6-11-4-3-5-13(15)14(11)17-12/h3-5,10,12,16-17H,6-9H2,1-2H3. The summed E-state index contributed by atoms with van der Waals surface area (Å²) in [7, 11) is 0. The Kier molecular flexibility index (Phi) is 4.00. The van der Waals surface area contributed by atoms with E-state index in [4.69, 9.17) is 0 Å². The number of anilines is 1. The van der Waals surface area contributed by atoms with Crippen LogP contribution in [0.5, 0.6) is 0 Å². The summed E-state index contributed by atoms with van der Waals surface area (Å²) in [6, 6.07) is 5.66. The van der Waals surface area contributed by atoms with Gasteiger partial charge in [0.15, 0.2) is 0 Å². The maximum atomic E-state index is 13.6. The molecule has 17 heavy (non-hydrogen) atoms. The van der Waals surface area contributed by atoms with E-state index in [2.05, 4.69) is 24.5 Å². The zero-order valence-electron chi connectivity index (χ0n) is 10.6. The molecule has 2 nitrogen and oxygen atoms in total. The van der Waals surface area contributed by atoms with Gasteiger partial charge in [0.2, 0.25) is 0 Å². The van der Waals surface area contributed by atoms with Gasteiger partial charge in [-0.2, -0.15) is 0 Å². The Balaban J connectivity index is 1.92. The van der Waals surface area contributed by atoms with E-state index in [1.54, 1.807) is 6.07 Å². The smallest absolute Gasteiger partial charge is 0.146 e. The molecule has 3 heteroatoms. The van der Waals surface area contributed by atoms with Crippen molar-refractivity contribution in [2.45, 2.75) is 32.7 Å². The molecule has 0 aliphatic carbocycles. The van der Waals surface area contributed by atoms with E-state index in [9.17, 15) is 4.39 Å². The van der Waals surface area contributed by atoms with Crippen molar-refractivity contribution in [3.8, 4) is 0 Å². The molecular weight excluding hydrogens is 215 g/mol. The lowest BCUT2D eigenvalue weighted by molar-refractivity contribution is 0.503. The minimum absolute atomic E-state index is 0.129. The molecule has 0 fully saturated rings. The van der Waals surface area contributed by atoms with E-state index in [-0.39, 0.29) is 5.82 Å². The molecular formula is C14H21FN2. The van der Waals surface area contributed by atoms with Crippen LogP contribution in [0.15, 0.2) is 18.2 Å². The molecule has 1 aliphatic rings. The number of halogens is 1. The maximum absolute atomic E-state index is 13.6. The number of nitrogens with one attached hydrogen (secondary N) is 2. The van der Waals surface area contributed by atoms with Gasteiger partial charge in [0.1, 0.15) is 5.82 Å². The molecule has 0 saturated carbocycles. The fourth-order valence-electron chi connectivity index (χ4n) is 2.24. The summed E-state index contributed by atoms with van der Waals surface area (Å²) in [4.78, 5) is 0. The van der Waals surface area contributed by atoms with E-state index >= 15 is 0 Å². The Morgan fingerprint density at radius 2 is 2.29 bits per heavy atom. The molecule has 1 aromatic carbocycles. The van der Waals surface area contributed by atoms with Crippen LogP contribution in [0.25, 0.3) is 0 Å². The van der Waals surface area contributed by atoms with E-state index in [1.807, 2.05) is 6.07 Å². The lowest BCUT2D eigenvalue weighted by atomic mass is 9.97. The Hall–Kier alpha value is -1.09. The monoisotopic (exact) mass is 236 g/mol. The normalized spacial score (nSPS) is 18.9. The summed E-state index contributed by atoms with van der Waals surface area (Å²) in [5.74, 6) is 0.527. The molecule has 0 bridgehead atoms. The van der Waals surface area contributed by atoms with Crippen LogP contribution in [0.1, 0.15) is 25.8 Å². The van der Waals surface area contributed by atoms with Crippen LogP contribution in [0.2, 0.25) is 0 Å². The molecule has 0 amide bonds. The minimum atomic E-state index is -0.129. The molecule has 0 spiro atoms. The quantitative estimate of drug-likeness (QED) is 0.840. The van der Waals surface area contributed by atoms with Gasteiger partial charge in [-0.15, -0.1) is 0 Å². The van der Waals surface area contributed by atoms with Crippen LogP contribution in [0, 0.1) is 11.7 Å². The lowest BCUT2D eigenvalue weighted by Crippen LogP contribution is -2.37. The van der Waals surface area contributed by atoms with Crippen LogP contribution in [0.4, 0.5) is 10.1 Å². The molecule has 1 heterocycles. The summed E-state index contributed by atoms with van der Waals surface area (Å²) in [5.41, 5.74) is 1.81. The lowest BCUT2D eigenvalue weighted by Gasteiger charge is -2.27. The molecule has 1 atom stereocenters. The van der Waals surface area contributed by atoms with Gasteiger partial charge in [0.25, 0.3) is 0 Å². The Bertz CT molecular complexity index is 376. The highest BCUT2D eigenvalue weighted by Gasteiger charge is 2.19. The van der Waals surface area contributed by atoms with E-state index < -0.39 is 0 Å². The van der Waals surface area contributed by atoms with Crippen LogP contribution in [-0.4, -0.2) is 19.1 Å². The molecule has 94 valence electrons. The van der Waals surface area contributed by atoms with Crippen molar-refractivity contribution in [1.82, 2.24) is 5.32 Å². The summed E-state index contributed by atoms with van der Waals surface area (Å²) in [5, 5.41) is 6.72. The third kappa shape index (κ3) is 3.19. The Morgan fingerprint density at radius 3 is 3.06 bits per heavy atom. The minimum Gasteiger partial charge on any atom is -0.378 e. The zero-order valence-corrected chi connectivity index (χ0v) is 10.6. The summed E-state index contributed by atoms with van der Waals surface area (Å²) in [6.07, 6.45) is 2.04. The highest BCUT2D eigenvalue weighted by Crippen LogP contribution is 2.27. The van der Waals surface area contributed by atoms with Crippen molar-refractivity contribution in [2.75, 3.05) is 18.4 Å². The second kappa shape index (κ2) is 5.50. The van der Waals surface area contributed by atoms with Crippen LogP contribution in [-0.2, 0) is 6.42 Å². The molecule has 0 saturated heterocycles. The number of para-hydroxylation sites is 1. The summed E-state index contributed by atoms with van der Waals surface area (Å²) in [6.45, 7) is 6.31. The predicted octanol–water partition coefficient (Wildman–Crippen LogP) is 2.80. The topological polar surface area (TPSA) is 24.1 Å². The predicted molar refractivity (Wildman–Crippen MR) is 69.8 cm³/mol. The van der Waals surface area contributed by atoms with Crippen LogP contribution in [0.3, 0.4) is 0 Å². The molecule has 2 N–H and O–H groups in total. The van der Waals surface area contributed by atoms with Gasteiger partial charge >= 0.3 is 0 Å². The first-order chi connectivity index (χ1) is 8.16. The van der Waals surface area contributed by atoms with Crippen LogP contribution < -0.4 is 10.6 Å². The van der Waals surface area contributed by atoms with Gasteiger partial charge in [-0.25, -0.2) is 4.39 Å². The zero-order chi connectivity index (χ0) is 12.3. The molecule has 0 radical (unpaired) electrons. The van der Waals surface area contributed by atoms with Crippen molar-refractivity contribution in [2.24, 2.45) is 5.92 Å². The number of hydrogen-bond acceptors (Lipinski definition) is 2. The van der Waals surface area contributed by atoms with Crippen molar-refractivity contribution in [3.05, 3.63) is 29.6 Å². The number of aryl methyl sites for hydroxylation is 1. The van der Waals surface area contributed by atoms with Crippen LogP contribution >= 0.6 is 0 Å². The van der Waals surface area contributed by atoms with Gasteiger partial charge < -0.3 is 10.6 Å². The SMILES string of the molecule is CC(C)CNCC1CCc2cccc(F)c2N1. The first kappa shape index (κ1) is 12.4. The first-order valence-electron chi connectivity index (χ1n) is 6.41. The van der Waals surface area contributed by atoms with Crippen molar-refractivity contribution in [1.29, 1.82) is 0 Å². The highest BCUT2D eigenvalue weighted by atomic mass is 19.1. The molecule has 1 aliphatic heterocycles. The van der Waals surface area contributed by atoms with Gasteiger partial charge in [-0.3, -0.25) is 0 Å². The van der Waals surface area contributed by atoms with Gasteiger partial charge in [-0.05, 0) is 36.9 Å². The van der Waals surface area contributed by atoms with Crippen molar-refractivity contribution >= 4 is 5.69 Å². The average Bonchev–Trinajstić information content (AvgIpc) is 2.30. The maximum Gasteiger partial charge on any atom is 0.146 e. The average molecular weight is 236 g/mol. The number of benzene rings is 1. The van der Waals surface area contributed by atoms with Crippen molar-refractivity contribution in [3.63, 3.8) is 0 Å². The highest BCUT2D eigenvalue weighted by molar-refractivity contribution is 5.55. The molecule has 1 aromatic rings. The van der Waals surface area contributed by atoms with Crippen molar-refractivity contribution < 1.29 is 4.39 Å². The second-order valence-corrected chi connectivity index (χ2v) is 5.21. The molecule has 1 unspecified atom stereocenters. The number of rotatable bonds is 4. The fourth-order valence-corrected chi connectivity index (χ4v) is 2.24. The first-order valence-corrected chi connectivity index (χ1v) is 6.41. The van der Waals surface area contributed by atoms with Gasteiger partial charge in [0.05, 0.1) is 5.69 Å². The summed E-state index contributed by atoms with van der Waals surface area (Å²) >= 11 is 0. The largest absolute Gasteiger partial charge is 0.378 e. The number of fused-ring (bicyclic) bond motifs is 1. The van der Waals surface area contributed by atoms with E-state index in [0.29, 0.717) is 17.6 Å². The molecule has 0 aromatic heterocycles. The van der Waals surface area contributed by atoms with E-state index in [0.717, 1.165) is 31.5 Å². The van der Waals surface area contributed by atoms with E-state index in [1.165, 1.54) is 6.07 Å². The number of hydrogen-bond donors (Lipinski definition) is 2. The van der Waals surface area contributed by atoms with Gasteiger partial charge in [-0.1, -0.05) is 26.0 Å².